The monoisotopic (exact) mass is 261 g/mol. The van der Waals surface area contributed by atoms with Crippen LogP contribution < -0.4 is 5.32 Å². The number of amides is 1. The van der Waals surface area contributed by atoms with Crippen molar-refractivity contribution in [3.8, 4) is 0 Å². The van der Waals surface area contributed by atoms with Crippen LogP contribution in [0.5, 0.6) is 0 Å². The predicted octanol–water partition coefficient (Wildman–Crippen LogP) is 3.25. The van der Waals surface area contributed by atoms with Crippen molar-refractivity contribution in [2.24, 2.45) is 5.92 Å². The molecule has 0 heterocycles. The van der Waals surface area contributed by atoms with Gasteiger partial charge in [-0.15, -0.1) is 11.8 Å². The van der Waals surface area contributed by atoms with Gasteiger partial charge in [0.15, 0.2) is 0 Å². The van der Waals surface area contributed by atoms with Gasteiger partial charge in [-0.25, -0.2) is 0 Å². The molecule has 1 N–H and O–H groups in total. The minimum atomic E-state index is 0.191. The summed E-state index contributed by atoms with van der Waals surface area (Å²) in [7, 11) is 0. The number of hydrogen-bond acceptors (Lipinski definition) is 2. The number of rotatable bonds is 5. The molecule has 0 bridgehead atoms. The summed E-state index contributed by atoms with van der Waals surface area (Å²) >= 11 is 1.78. The highest BCUT2D eigenvalue weighted by atomic mass is 32.2. The fourth-order valence-electron chi connectivity index (χ4n) is 2.04. The van der Waals surface area contributed by atoms with E-state index in [-0.39, 0.29) is 11.8 Å². The van der Waals surface area contributed by atoms with Gasteiger partial charge in [-0.05, 0) is 31.4 Å². The highest BCUT2D eigenvalue weighted by molar-refractivity contribution is 7.99. The zero-order valence-electron chi connectivity index (χ0n) is 10.5. The number of nitrogens with one attached hydrogen (secondary N) is 1. The van der Waals surface area contributed by atoms with Crippen LogP contribution in [0.15, 0.2) is 47.4 Å². The van der Waals surface area contributed by atoms with Gasteiger partial charge in [-0.1, -0.05) is 30.4 Å². The molecule has 0 saturated heterocycles. The lowest BCUT2D eigenvalue weighted by atomic mass is 9.94. The van der Waals surface area contributed by atoms with E-state index < -0.39 is 0 Å². The maximum atomic E-state index is 11.9. The Balaban J connectivity index is 1.63. The Morgan fingerprint density at radius 2 is 2.11 bits per heavy atom. The summed E-state index contributed by atoms with van der Waals surface area (Å²) in [6.45, 7) is 0.749. The Morgan fingerprint density at radius 1 is 1.28 bits per heavy atom. The lowest BCUT2D eigenvalue weighted by Gasteiger charge is -2.17. The highest BCUT2D eigenvalue weighted by Crippen LogP contribution is 2.18. The molecule has 0 fully saturated rings. The molecule has 0 aromatic heterocycles. The molecule has 2 nitrogen and oxygen atoms in total. The number of carbonyl (C=O) groups excluding carboxylic acids is 1. The number of thioether (sulfide) groups is 1. The van der Waals surface area contributed by atoms with E-state index in [1.165, 1.54) is 4.90 Å². The maximum absolute atomic E-state index is 11.9. The van der Waals surface area contributed by atoms with Crippen molar-refractivity contribution in [1.82, 2.24) is 5.32 Å². The van der Waals surface area contributed by atoms with Crippen molar-refractivity contribution < 1.29 is 4.79 Å². The highest BCUT2D eigenvalue weighted by Gasteiger charge is 2.17. The summed E-state index contributed by atoms with van der Waals surface area (Å²) in [5, 5.41) is 3.03. The Hall–Kier alpha value is -1.22. The van der Waals surface area contributed by atoms with Gasteiger partial charge >= 0.3 is 0 Å². The van der Waals surface area contributed by atoms with Crippen molar-refractivity contribution in [2.45, 2.75) is 24.2 Å². The molecule has 0 aliphatic heterocycles. The second-order valence-electron chi connectivity index (χ2n) is 4.43. The fourth-order valence-corrected chi connectivity index (χ4v) is 2.83. The van der Waals surface area contributed by atoms with Crippen molar-refractivity contribution in [3.05, 3.63) is 42.5 Å². The summed E-state index contributed by atoms with van der Waals surface area (Å²) in [6, 6.07) is 10.3. The molecule has 0 radical (unpaired) electrons. The maximum Gasteiger partial charge on any atom is 0.223 e. The Morgan fingerprint density at radius 3 is 2.83 bits per heavy atom. The molecule has 18 heavy (non-hydrogen) atoms. The largest absolute Gasteiger partial charge is 0.355 e. The summed E-state index contributed by atoms with van der Waals surface area (Å²) in [4.78, 5) is 13.1. The molecule has 3 heteroatoms. The van der Waals surface area contributed by atoms with E-state index in [1.807, 2.05) is 18.2 Å². The molecule has 1 amide bonds. The van der Waals surface area contributed by atoms with Gasteiger partial charge < -0.3 is 5.32 Å². The second kappa shape index (κ2) is 7.27. The van der Waals surface area contributed by atoms with Crippen molar-refractivity contribution in [2.75, 3.05) is 12.3 Å². The van der Waals surface area contributed by atoms with Crippen molar-refractivity contribution in [1.29, 1.82) is 0 Å². The summed E-state index contributed by atoms with van der Waals surface area (Å²) in [5.74, 6) is 1.34. The third kappa shape index (κ3) is 4.22. The molecule has 1 aromatic rings. The summed E-state index contributed by atoms with van der Waals surface area (Å²) in [6.07, 6.45) is 7.21. The molecule has 1 aliphatic carbocycles. The third-order valence-corrected chi connectivity index (χ3v) is 4.07. The third-order valence-electron chi connectivity index (χ3n) is 3.05. The van der Waals surface area contributed by atoms with Crippen molar-refractivity contribution in [3.63, 3.8) is 0 Å². The average Bonchev–Trinajstić information content (AvgIpc) is 2.45. The van der Waals surface area contributed by atoms with Gasteiger partial charge in [0.1, 0.15) is 0 Å². The minimum Gasteiger partial charge on any atom is -0.355 e. The molecule has 2 rings (SSSR count). The van der Waals surface area contributed by atoms with Crippen LogP contribution in [0.25, 0.3) is 0 Å². The molecule has 1 aromatic carbocycles. The minimum absolute atomic E-state index is 0.191. The first-order valence-corrected chi connectivity index (χ1v) is 7.45. The standard InChI is InChI=1S/C15H19NOS/c17-15(13-7-3-1-4-8-13)16-11-12-18-14-9-5-2-6-10-14/h1-3,5-6,9-10,13H,4,7-8,11-12H2,(H,16,17). The van der Waals surface area contributed by atoms with Crippen LogP contribution in [0.4, 0.5) is 0 Å². The van der Waals surface area contributed by atoms with Crippen LogP contribution >= 0.6 is 11.8 Å². The van der Waals surface area contributed by atoms with E-state index in [1.54, 1.807) is 11.8 Å². The van der Waals surface area contributed by atoms with Crippen LogP contribution in [0, 0.1) is 5.92 Å². The van der Waals surface area contributed by atoms with E-state index in [4.69, 9.17) is 0 Å². The quantitative estimate of drug-likeness (QED) is 0.501. The van der Waals surface area contributed by atoms with Crippen LogP contribution in [-0.4, -0.2) is 18.2 Å². The topological polar surface area (TPSA) is 29.1 Å². The Labute approximate surface area is 113 Å². The van der Waals surface area contributed by atoms with Gasteiger partial charge in [-0.2, -0.15) is 0 Å². The Kier molecular flexibility index (Phi) is 5.34. The Bertz CT molecular complexity index is 402. The lowest BCUT2D eigenvalue weighted by molar-refractivity contribution is -0.125. The first-order valence-electron chi connectivity index (χ1n) is 6.47. The number of allylic oxidation sites excluding steroid dienone is 2. The lowest BCUT2D eigenvalue weighted by Crippen LogP contribution is -2.32. The first kappa shape index (κ1) is 13.2. The number of carbonyl (C=O) groups is 1. The van der Waals surface area contributed by atoms with Gasteiger partial charge in [0, 0.05) is 23.1 Å². The molecular weight excluding hydrogens is 242 g/mol. The van der Waals surface area contributed by atoms with E-state index in [9.17, 15) is 4.79 Å². The van der Waals surface area contributed by atoms with Crippen LogP contribution in [0.1, 0.15) is 19.3 Å². The van der Waals surface area contributed by atoms with Gasteiger partial charge in [-0.3, -0.25) is 4.79 Å². The number of benzene rings is 1. The summed E-state index contributed by atoms with van der Waals surface area (Å²) < 4.78 is 0. The zero-order valence-corrected chi connectivity index (χ0v) is 11.3. The fraction of sp³-hybridized carbons (Fsp3) is 0.400. The average molecular weight is 261 g/mol. The zero-order chi connectivity index (χ0) is 12.6. The van der Waals surface area contributed by atoms with Crippen LogP contribution in [0.2, 0.25) is 0 Å². The van der Waals surface area contributed by atoms with E-state index >= 15 is 0 Å². The van der Waals surface area contributed by atoms with E-state index in [0.29, 0.717) is 0 Å². The van der Waals surface area contributed by atoms with Gasteiger partial charge in [0.25, 0.3) is 0 Å². The SMILES string of the molecule is O=C(NCCSc1ccccc1)C1CC=CCC1. The van der Waals surface area contributed by atoms with Gasteiger partial charge in [0.2, 0.25) is 5.91 Å². The molecule has 0 spiro atoms. The molecule has 1 aliphatic rings. The van der Waals surface area contributed by atoms with E-state index in [0.717, 1.165) is 31.6 Å². The smallest absolute Gasteiger partial charge is 0.223 e. The predicted molar refractivity (Wildman–Crippen MR) is 76.7 cm³/mol. The first-order chi connectivity index (χ1) is 8.86. The molecular formula is C15H19NOS. The number of hydrogen-bond donors (Lipinski definition) is 1. The molecule has 96 valence electrons. The molecule has 1 atom stereocenters. The van der Waals surface area contributed by atoms with Crippen LogP contribution in [0.3, 0.4) is 0 Å². The van der Waals surface area contributed by atoms with Crippen molar-refractivity contribution >= 4 is 17.7 Å². The second-order valence-corrected chi connectivity index (χ2v) is 5.60. The van der Waals surface area contributed by atoms with E-state index in [2.05, 4.69) is 29.6 Å². The normalized spacial score (nSPS) is 18.6. The van der Waals surface area contributed by atoms with Crippen LogP contribution in [-0.2, 0) is 4.79 Å². The molecule has 0 saturated carbocycles. The summed E-state index contributed by atoms with van der Waals surface area (Å²) in [5.41, 5.74) is 0. The molecule has 1 unspecified atom stereocenters. The van der Waals surface area contributed by atoms with Gasteiger partial charge in [0.05, 0.1) is 0 Å².